The molecular weight excluding hydrogens is 801 g/mol. The first kappa shape index (κ1) is 56.6. The Kier molecular flexibility index (Phi) is 36.3. The van der Waals surface area contributed by atoms with E-state index in [1.807, 2.05) is 12.2 Å². The van der Waals surface area contributed by atoms with Gasteiger partial charge < -0.3 is 34.3 Å². The molecule has 1 fully saturated rings. The number of rotatable bonds is 39. The van der Waals surface area contributed by atoms with Crippen molar-refractivity contribution in [2.75, 3.05) is 26.4 Å². The van der Waals surface area contributed by atoms with Gasteiger partial charge in [0.05, 0.1) is 26.2 Å². The van der Waals surface area contributed by atoms with E-state index in [2.05, 4.69) is 72.7 Å². The molecule has 12 nitrogen and oxygen atoms in total. The fourth-order valence-corrected chi connectivity index (χ4v) is 7.13. The van der Waals surface area contributed by atoms with E-state index < -0.39 is 59.8 Å². The summed E-state index contributed by atoms with van der Waals surface area (Å²) >= 11 is 0. The number of hydrogen-bond donors (Lipinski definition) is 4. The average Bonchev–Trinajstić information content (AvgIpc) is 3.23. The molecule has 1 aliphatic rings. The van der Waals surface area contributed by atoms with Crippen LogP contribution < -0.4 is 0 Å². The molecule has 0 saturated carbocycles. The summed E-state index contributed by atoms with van der Waals surface area (Å²) in [5, 5.41) is 30.7. The molecule has 352 valence electrons. The van der Waals surface area contributed by atoms with Gasteiger partial charge in [-0.2, -0.15) is 8.42 Å². The van der Waals surface area contributed by atoms with Crippen molar-refractivity contribution in [3.8, 4) is 0 Å². The van der Waals surface area contributed by atoms with E-state index in [9.17, 15) is 28.5 Å². The molecule has 6 atom stereocenters. The Morgan fingerprint density at radius 2 is 1.13 bits per heavy atom. The molecule has 0 aromatic heterocycles. The standard InChI is InChI=1S/C48H82O12S/c1-3-5-7-9-11-13-15-17-19-20-21-22-24-26-28-30-32-34-36-38-56-40-42(41-57-48-46(52)47(60-61(53,54)55)45(51)43(39-49)59-48)58-44(50)37-35-33-31-29-27-25-23-18-16-14-12-10-8-6-4-2/h6,8,12,14,18-20,23,27,29,33,35,42-43,45-49,51-52H,3-5,7,9-11,13,15-17,21-22,24-26,28,30-32,34,36-41H2,1-2H3,(H,53,54,55)/b8-6-,14-12-,20-19-,23-18-,29-27-,35-33-. The summed E-state index contributed by atoms with van der Waals surface area (Å²) in [5.74, 6) is -0.528. The maximum absolute atomic E-state index is 12.8. The predicted molar refractivity (Wildman–Crippen MR) is 243 cm³/mol. The number of aliphatic hydroxyl groups excluding tert-OH is 3. The number of carbonyl (C=O) groups excluding carboxylic acids is 1. The van der Waals surface area contributed by atoms with Crippen LogP contribution in [0, 0.1) is 0 Å². The van der Waals surface area contributed by atoms with E-state index in [0.717, 1.165) is 44.9 Å². The highest BCUT2D eigenvalue weighted by Crippen LogP contribution is 2.26. The average molecular weight is 883 g/mol. The van der Waals surface area contributed by atoms with Crippen molar-refractivity contribution in [3.63, 3.8) is 0 Å². The van der Waals surface area contributed by atoms with E-state index in [1.165, 1.54) is 89.9 Å². The van der Waals surface area contributed by atoms with Gasteiger partial charge in [0.1, 0.15) is 30.5 Å². The Balaban J connectivity index is 2.47. The second-order valence-corrected chi connectivity index (χ2v) is 16.7. The lowest BCUT2D eigenvalue weighted by atomic mass is 9.99. The molecular formula is C48H82O12S. The van der Waals surface area contributed by atoms with Crippen molar-refractivity contribution >= 4 is 16.4 Å². The predicted octanol–water partition coefficient (Wildman–Crippen LogP) is 9.91. The molecule has 1 heterocycles. The molecule has 1 aliphatic heterocycles. The van der Waals surface area contributed by atoms with E-state index in [1.54, 1.807) is 6.08 Å². The van der Waals surface area contributed by atoms with Crippen molar-refractivity contribution in [2.45, 2.75) is 198 Å². The van der Waals surface area contributed by atoms with Gasteiger partial charge in [-0.1, -0.05) is 164 Å². The maximum Gasteiger partial charge on any atom is 0.397 e. The summed E-state index contributed by atoms with van der Waals surface area (Å²) in [6.07, 6.45) is 41.1. The largest absolute Gasteiger partial charge is 0.457 e. The Morgan fingerprint density at radius 3 is 1.64 bits per heavy atom. The van der Waals surface area contributed by atoms with Crippen molar-refractivity contribution < 1.29 is 56.2 Å². The van der Waals surface area contributed by atoms with Gasteiger partial charge in [-0.05, 0) is 64.2 Å². The van der Waals surface area contributed by atoms with E-state index >= 15 is 0 Å². The van der Waals surface area contributed by atoms with Crippen molar-refractivity contribution in [1.29, 1.82) is 0 Å². The van der Waals surface area contributed by atoms with Gasteiger partial charge in [0.25, 0.3) is 0 Å². The van der Waals surface area contributed by atoms with Crippen LogP contribution in [0.3, 0.4) is 0 Å². The number of esters is 1. The number of aliphatic hydroxyl groups is 3. The van der Waals surface area contributed by atoms with Crippen molar-refractivity contribution in [3.05, 3.63) is 72.9 Å². The highest BCUT2D eigenvalue weighted by atomic mass is 32.3. The van der Waals surface area contributed by atoms with Crippen LogP contribution in [0.15, 0.2) is 72.9 Å². The first-order valence-corrected chi connectivity index (χ1v) is 24.6. The number of allylic oxidation sites excluding steroid dienone is 11. The molecule has 0 radical (unpaired) electrons. The molecule has 0 aromatic rings. The molecule has 0 bridgehead atoms. The molecule has 0 aromatic carbocycles. The summed E-state index contributed by atoms with van der Waals surface area (Å²) in [7, 11) is -5.08. The second-order valence-electron chi connectivity index (χ2n) is 15.6. The zero-order chi connectivity index (χ0) is 44.7. The van der Waals surface area contributed by atoms with Crippen LogP contribution in [0.2, 0.25) is 0 Å². The quantitative estimate of drug-likeness (QED) is 0.0199. The molecule has 1 rings (SSSR count). The van der Waals surface area contributed by atoms with Crippen LogP contribution in [-0.4, -0.2) is 97.5 Å². The third kappa shape index (κ3) is 32.8. The summed E-state index contributed by atoms with van der Waals surface area (Å²) in [6, 6.07) is 0. The molecule has 0 spiro atoms. The van der Waals surface area contributed by atoms with Gasteiger partial charge in [-0.25, -0.2) is 4.18 Å². The summed E-state index contributed by atoms with van der Waals surface area (Å²) in [6.45, 7) is 3.73. The number of unbranched alkanes of at least 4 members (excludes halogenated alkanes) is 15. The minimum Gasteiger partial charge on any atom is -0.457 e. The van der Waals surface area contributed by atoms with Gasteiger partial charge in [-0.15, -0.1) is 0 Å². The summed E-state index contributed by atoms with van der Waals surface area (Å²) < 4.78 is 58.9. The smallest absolute Gasteiger partial charge is 0.397 e. The molecule has 0 amide bonds. The lowest BCUT2D eigenvalue weighted by molar-refractivity contribution is -0.301. The lowest BCUT2D eigenvalue weighted by Crippen LogP contribution is -2.60. The van der Waals surface area contributed by atoms with Gasteiger partial charge in [0.2, 0.25) is 0 Å². The number of carbonyl (C=O) groups is 1. The second kappa shape index (κ2) is 39.2. The SMILES string of the molecule is CC/C=C\C/C=C\C/C=C\C/C=C\C/C=C\CC(=O)OC(COCCCCCCCCCC/C=C\CCCCCCCCC)COC1OC(CO)C(O)C(OS(=O)(=O)O)C1O. The molecule has 1 saturated heterocycles. The Hall–Kier alpha value is -2.46. The minimum absolute atomic E-state index is 0.00559. The van der Waals surface area contributed by atoms with Crippen LogP contribution in [0.4, 0.5) is 0 Å². The third-order valence-corrected chi connectivity index (χ3v) is 10.6. The van der Waals surface area contributed by atoms with Crippen molar-refractivity contribution in [2.24, 2.45) is 0 Å². The first-order chi connectivity index (χ1) is 29.6. The highest BCUT2D eigenvalue weighted by molar-refractivity contribution is 7.80. The zero-order valence-electron chi connectivity index (χ0n) is 37.4. The fraction of sp³-hybridized carbons (Fsp3) is 0.729. The number of ether oxygens (including phenoxy) is 4. The summed E-state index contributed by atoms with van der Waals surface area (Å²) in [5.41, 5.74) is 0. The van der Waals surface area contributed by atoms with Crippen molar-refractivity contribution in [1.82, 2.24) is 0 Å². The maximum atomic E-state index is 12.8. The van der Waals surface area contributed by atoms with Gasteiger partial charge >= 0.3 is 16.4 Å². The Labute approximate surface area is 369 Å². The summed E-state index contributed by atoms with van der Waals surface area (Å²) in [4.78, 5) is 12.8. The van der Waals surface area contributed by atoms with E-state index in [4.69, 9.17) is 23.5 Å². The van der Waals surface area contributed by atoms with Gasteiger partial charge in [-0.3, -0.25) is 9.35 Å². The Morgan fingerprint density at radius 1 is 0.639 bits per heavy atom. The lowest BCUT2D eigenvalue weighted by Gasteiger charge is -2.41. The normalized spacial score (nSPS) is 20.8. The molecule has 6 unspecified atom stereocenters. The highest BCUT2D eigenvalue weighted by Gasteiger charge is 2.48. The van der Waals surface area contributed by atoms with Crippen LogP contribution >= 0.6 is 0 Å². The molecule has 61 heavy (non-hydrogen) atoms. The zero-order valence-corrected chi connectivity index (χ0v) is 38.3. The van der Waals surface area contributed by atoms with Gasteiger partial charge in [0.15, 0.2) is 6.29 Å². The van der Waals surface area contributed by atoms with Crippen LogP contribution in [0.5, 0.6) is 0 Å². The van der Waals surface area contributed by atoms with Crippen LogP contribution in [0.1, 0.15) is 162 Å². The molecule has 13 heteroatoms. The topological polar surface area (TPSA) is 178 Å². The first-order valence-electron chi connectivity index (χ1n) is 23.2. The monoisotopic (exact) mass is 883 g/mol. The molecule has 0 aliphatic carbocycles. The third-order valence-electron chi connectivity index (χ3n) is 10.1. The minimum atomic E-state index is -5.08. The molecule has 4 N–H and O–H groups in total. The number of hydrogen-bond acceptors (Lipinski definition) is 11. The fourth-order valence-electron chi connectivity index (χ4n) is 6.62. The van der Waals surface area contributed by atoms with Crippen LogP contribution in [-0.2, 0) is 38.3 Å². The Bertz CT molecular complexity index is 1340. The van der Waals surface area contributed by atoms with E-state index in [-0.39, 0.29) is 19.6 Å². The van der Waals surface area contributed by atoms with Gasteiger partial charge in [0, 0.05) is 6.61 Å². The van der Waals surface area contributed by atoms with E-state index in [0.29, 0.717) is 13.0 Å². The van der Waals surface area contributed by atoms with Crippen LogP contribution in [0.25, 0.3) is 0 Å².